The quantitative estimate of drug-likeness (QED) is 0.0728. The molecule has 2 fully saturated rings. The summed E-state index contributed by atoms with van der Waals surface area (Å²) in [5.74, 6) is 0.637. The van der Waals surface area contributed by atoms with E-state index < -0.39 is 6.16 Å². The molecule has 12 nitrogen and oxygen atoms in total. The van der Waals surface area contributed by atoms with Crippen LogP contribution in [-0.2, 0) is 71.7 Å². The molecule has 2 N–H and O–H groups in total. The molecule has 13 heteroatoms. The van der Waals surface area contributed by atoms with E-state index in [0.717, 1.165) is 80.6 Å². The van der Waals surface area contributed by atoms with E-state index in [2.05, 4.69) is 133 Å². The zero-order valence-electron chi connectivity index (χ0n) is 42.5. The van der Waals surface area contributed by atoms with E-state index in [-0.39, 0.29) is 78.1 Å². The van der Waals surface area contributed by atoms with Crippen molar-refractivity contribution in [3.63, 3.8) is 0 Å². The third-order valence-electron chi connectivity index (χ3n) is 9.67. The minimum absolute atomic E-state index is 0. The Kier molecular flexibility index (Phi) is 35.4. The zero-order chi connectivity index (χ0) is 47.7. The van der Waals surface area contributed by atoms with Crippen LogP contribution >= 0.6 is 0 Å². The van der Waals surface area contributed by atoms with Crippen molar-refractivity contribution in [2.45, 2.75) is 177 Å². The second-order valence-corrected chi connectivity index (χ2v) is 19.5. The predicted octanol–water partition coefficient (Wildman–Crippen LogP) is 11.9. The van der Waals surface area contributed by atoms with Gasteiger partial charge < -0.3 is 41.3 Å². The molecule has 1 aliphatic heterocycles. The number of aliphatic imine (C=N–C) groups is 2. The number of rotatable bonds is 11. The third kappa shape index (κ3) is 28.3. The van der Waals surface area contributed by atoms with Gasteiger partial charge >= 0.3 is 12.3 Å². The Morgan fingerprint density at radius 2 is 1.00 bits per heavy atom. The summed E-state index contributed by atoms with van der Waals surface area (Å²) in [6.45, 7) is 34.0. The van der Waals surface area contributed by atoms with Crippen LogP contribution in [0.5, 0.6) is 11.5 Å². The summed E-state index contributed by atoms with van der Waals surface area (Å²) in [6, 6.07) is 8.53. The van der Waals surface area contributed by atoms with E-state index in [1.54, 1.807) is 14.2 Å². The second-order valence-electron chi connectivity index (χ2n) is 19.5. The second kappa shape index (κ2) is 33.8. The normalized spacial score (nSPS) is 15.5. The number of nitrogens with zero attached hydrogens (tertiary/aromatic N) is 2. The van der Waals surface area contributed by atoms with E-state index in [1.807, 2.05) is 19.4 Å². The number of phenolic OH excluding ortho intramolecular Hbond substituents is 2. The molecule has 0 amide bonds. The number of hydrogen-bond donors (Lipinski definition) is 2. The first-order valence-electron chi connectivity index (χ1n) is 22.0. The summed E-state index contributed by atoms with van der Waals surface area (Å²) in [6.07, 6.45) is 9.46. The molecule has 377 valence electrons. The number of phenols is 2. The maximum absolute atomic E-state index is 11.2. The molecule has 2 unspecified atom stereocenters. The number of aromatic hydroxyl groups is 2. The van der Waals surface area contributed by atoms with Gasteiger partial charge in [0.25, 0.3) is 0 Å². The van der Waals surface area contributed by atoms with Crippen LogP contribution in [-0.4, -0.2) is 101 Å². The van der Waals surface area contributed by atoms with Crippen molar-refractivity contribution in [3.05, 3.63) is 65.1 Å². The largest absolute Gasteiger partial charge is 0.508 e. The number of epoxide rings is 1. The van der Waals surface area contributed by atoms with Gasteiger partial charge in [-0.15, -0.1) is 0 Å². The number of ether oxygens (including phenoxy) is 5. The molecule has 0 spiro atoms. The molecule has 0 bridgehead atoms. The number of carbonyl (C=O) groups excluding carboxylic acids is 3. The Balaban J connectivity index is -0.000000614. The van der Waals surface area contributed by atoms with Gasteiger partial charge in [0, 0.05) is 72.3 Å². The van der Waals surface area contributed by atoms with Crippen LogP contribution in [0.15, 0.2) is 34.3 Å². The standard InChI is InChI=1S/C36H54N2O2.C7H14O4.C4H10O.C2H4O.CO2.CH4.CH3.Co/c1-33(2,3)25-17-23(31(39)27(19-25)35(7,8)9)21-37-29-15-13-14-16-30(29)38-22-24-18-26(34(4,5)6)20-28(32(24)40)36(10,11)12;1-3-4-10-7(8)11-6-5-9-2;1-3-4-5-2;1-2-3-1;2-1-3;;;/h17-22,29-30,39-40H,13-16H2,1-12H3;3-6H2,1-2H3;3-4H2,1-2H3;1-2H2;;1H4;1H3;/q;;;;;;-1;. The van der Waals surface area contributed by atoms with Crippen LogP contribution in [0.4, 0.5) is 4.79 Å². The summed E-state index contributed by atoms with van der Waals surface area (Å²) in [7, 11) is 3.25. The Labute approximate surface area is 405 Å². The van der Waals surface area contributed by atoms with E-state index in [0.29, 0.717) is 24.7 Å². The molecule has 65 heavy (non-hydrogen) atoms. The van der Waals surface area contributed by atoms with Crippen LogP contribution in [0.2, 0.25) is 0 Å². The maximum Gasteiger partial charge on any atom is 0.508 e. The zero-order valence-corrected chi connectivity index (χ0v) is 43.5. The molecule has 1 saturated carbocycles. The van der Waals surface area contributed by atoms with Crippen molar-refractivity contribution in [2.75, 3.05) is 53.9 Å². The molecule has 1 heterocycles. The van der Waals surface area contributed by atoms with Crippen molar-refractivity contribution in [1.29, 1.82) is 0 Å². The van der Waals surface area contributed by atoms with Gasteiger partial charge in [0.15, 0.2) is 0 Å². The molecule has 0 aromatic heterocycles. The van der Waals surface area contributed by atoms with Crippen molar-refractivity contribution in [2.24, 2.45) is 9.98 Å². The van der Waals surface area contributed by atoms with Crippen molar-refractivity contribution >= 4 is 24.7 Å². The summed E-state index contributed by atoms with van der Waals surface area (Å²) in [5, 5.41) is 22.5. The average Bonchev–Trinajstić information content (AvgIpc) is 4.06. The van der Waals surface area contributed by atoms with Crippen LogP contribution in [0.3, 0.4) is 0 Å². The monoisotopic (exact) mass is 961 g/mol. The minimum atomic E-state index is -0.621. The minimum Gasteiger partial charge on any atom is -0.507 e. The topological polar surface area (TPSA) is 166 Å². The van der Waals surface area contributed by atoms with Gasteiger partial charge in [-0.25, -0.2) is 4.79 Å². The van der Waals surface area contributed by atoms with E-state index in [4.69, 9.17) is 24.3 Å². The van der Waals surface area contributed by atoms with Crippen molar-refractivity contribution in [1.82, 2.24) is 0 Å². The van der Waals surface area contributed by atoms with Gasteiger partial charge in [0.05, 0.1) is 38.5 Å². The molecule has 1 saturated heterocycles. The van der Waals surface area contributed by atoms with Gasteiger partial charge in [-0.3, -0.25) is 9.98 Å². The Bertz CT molecular complexity index is 1590. The number of benzene rings is 2. The van der Waals surface area contributed by atoms with Gasteiger partial charge in [-0.2, -0.15) is 9.59 Å². The van der Waals surface area contributed by atoms with Crippen LogP contribution in [0.1, 0.15) is 176 Å². The first kappa shape index (κ1) is 68.0. The summed E-state index contributed by atoms with van der Waals surface area (Å²) in [4.78, 5) is 36.9. The van der Waals surface area contributed by atoms with E-state index in [1.165, 1.54) is 11.1 Å². The molecular formula is C52H89CoN2O10-. The van der Waals surface area contributed by atoms with E-state index in [9.17, 15) is 15.0 Å². The maximum atomic E-state index is 11.2. The van der Waals surface area contributed by atoms with Gasteiger partial charge in [-0.1, -0.05) is 129 Å². The van der Waals surface area contributed by atoms with Gasteiger partial charge in [0.1, 0.15) is 18.1 Å². The van der Waals surface area contributed by atoms with Gasteiger partial charge in [0.2, 0.25) is 0 Å². The fraction of sp³-hybridized carbons (Fsp3) is 0.673. The van der Waals surface area contributed by atoms with Crippen molar-refractivity contribution < 1.29 is 65.1 Å². The number of methoxy groups -OCH3 is 2. The molecule has 1 aliphatic carbocycles. The van der Waals surface area contributed by atoms with Crippen LogP contribution < -0.4 is 0 Å². The fourth-order valence-electron chi connectivity index (χ4n) is 5.95. The molecule has 4 rings (SSSR count). The summed E-state index contributed by atoms with van der Waals surface area (Å²) >= 11 is 0. The Morgan fingerprint density at radius 1 is 0.662 bits per heavy atom. The Hall–Kier alpha value is -3.58. The predicted molar refractivity (Wildman–Crippen MR) is 263 cm³/mol. The molecule has 1 radical (unpaired) electrons. The fourth-order valence-corrected chi connectivity index (χ4v) is 5.95. The smallest absolute Gasteiger partial charge is 0.507 e. The Morgan fingerprint density at radius 3 is 1.26 bits per heavy atom. The SMILES string of the molecule is C.C1CO1.CC(C)(C)c1cc(C=NC2CCCCC2N=Cc2cc(C(C)(C)C)cc(C(C)(C)C)c2O)c(O)c(C(C)(C)C)c1.CCCOC.CCCOC(=O)OCCOC.O=C=O.[CH3-].[Co]. The molecule has 2 aromatic rings. The number of hydrogen-bond acceptors (Lipinski definition) is 12. The third-order valence-corrected chi connectivity index (χ3v) is 9.67. The average molecular weight is 961 g/mol. The first-order valence-corrected chi connectivity index (χ1v) is 22.0. The van der Waals surface area contributed by atoms with Crippen molar-refractivity contribution in [3.8, 4) is 11.5 Å². The van der Waals surface area contributed by atoms with E-state index >= 15 is 0 Å². The molecule has 2 aliphatic rings. The van der Waals surface area contributed by atoms with Crippen LogP contribution in [0.25, 0.3) is 0 Å². The summed E-state index contributed by atoms with van der Waals surface area (Å²) in [5.41, 5.74) is 5.39. The molecule has 2 aromatic carbocycles. The summed E-state index contributed by atoms with van der Waals surface area (Å²) < 4.78 is 23.1. The first-order chi connectivity index (χ1) is 28.8. The molecular weight excluding hydrogens is 872 g/mol. The number of carbonyl (C=O) groups is 1. The van der Waals surface area contributed by atoms with Gasteiger partial charge in [-0.05, 0) is 70.6 Å². The molecule has 2 atom stereocenters. The van der Waals surface area contributed by atoms with Crippen LogP contribution in [0, 0.1) is 7.43 Å².